The Morgan fingerprint density at radius 2 is 2.00 bits per heavy atom. The van der Waals surface area contributed by atoms with E-state index in [-0.39, 0.29) is 15.6 Å². The van der Waals surface area contributed by atoms with Crippen LogP contribution in [-0.2, 0) is 0 Å². The van der Waals surface area contributed by atoms with Gasteiger partial charge in [-0.15, -0.1) is 0 Å². The van der Waals surface area contributed by atoms with E-state index in [2.05, 4.69) is 10.3 Å². The number of benzene rings is 1. The first-order chi connectivity index (χ1) is 8.58. The molecule has 0 bridgehead atoms. The average molecular weight is 285 g/mol. The Morgan fingerprint density at radius 3 is 2.67 bits per heavy atom. The average Bonchev–Trinajstić information content (AvgIpc) is 2.35. The van der Waals surface area contributed by atoms with Crippen molar-refractivity contribution >= 4 is 34.9 Å². The van der Waals surface area contributed by atoms with Crippen LogP contribution in [0.1, 0.15) is 10.4 Å². The summed E-state index contributed by atoms with van der Waals surface area (Å²) in [6.45, 7) is 0. The van der Waals surface area contributed by atoms with Crippen molar-refractivity contribution in [3.8, 4) is 0 Å². The van der Waals surface area contributed by atoms with Crippen LogP contribution in [0, 0.1) is 5.82 Å². The van der Waals surface area contributed by atoms with Crippen molar-refractivity contribution in [1.82, 2.24) is 4.98 Å². The molecule has 0 saturated carbocycles. The molecule has 0 saturated heterocycles. The van der Waals surface area contributed by atoms with E-state index in [1.165, 1.54) is 12.3 Å². The molecule has 2 aromatic rings. The quantitative estimate of drug-likeness (QED) is 0.853. The van der Waals surface area contributed by atoms with Crippen molar-refractivity contribution in [1.29, 1.82) is 0 Å². The molecule has 2 rings (SSSR count). The lowest BCUT2D eigenvalue weighted by Crippen LogP contribution is -2.13. The molecule has 1 aromatic heterocycles. The third kappa shape index (κ3) is 2.78. The zero-order chi connectivity index (χ0) is 13.1. The molecule has 0 aliphatic carbocycles. The minimum Gasteiger partial charge on any atom is -0.307 e. The number of amides is 1. The zero-order valence-corrected chi connectivity index (χ0v) is 10.5. The number of carbonyl (C=O) groups is 1. The number of nitrogens with zero attached hydrogens (tertiary/aromatic N) is 1. The monoisotopic (exact) mass is 284 g/mol. The predicted octanol–water partition coefficient (Wildman–Crippen LogP) is 3.78. The van der Waals surface area contributed by atoms with Crippen LogP contribution >= 0.6 is 23.2 Å². The van der Waals surface area contributed by atoms with Gasteiger partial charge in [0.15, 0.2) is 0 Å². The molecule has 1 N–H and O–H groups in total. The number of anilines is 1. The Balaban J connectivity index is 2.27. The number of carbonyl (C=O) groups excluding carboxylic acids is 1. The summed E-state index contributed by atoms with van der Waals surface area (Å²) in [7, 11) is 0. The summed E-state index contributed by atoms with van der Waals surface area (Å²) in [5.41, 5.74) is 0.00391. The molecule has 1 aromatic carbocycles. The highest BCUT2D eigenvalue weighted by Gasteiger charge is 2.14. The van der Waals surface area contributed by atoms with E-state index in [0.717, 1.165) is 6.07 Å². The molecule has 18 heavy (non-hydrogen) atoms. The van der Waals surface area contributed by atoms with Crippen molar-refractivity contribution in [2.45, 2.75) is 0 Å². The Morgan fingerprint density at radius 1 is 1.22 bits per heavy atom. The lowest BCUT2D eigenvalue weighted by atomic mass is 10.2. The molecule has 0 radical (unpaired) electrons. The molecule has 0 unspecified atom stereocenters. The highest BCUT2D eigenvalue weighted by molar-refractivity contribution is 6.37. The van der Waals surface area contributed by atoms with Crippen LogP contribution in [0.3, 0.4) is 0 Å². The highest BCUT2D eigenvalue weighted by Crippen LogP contribution is 2.24. The van der Waals surface area contributed by atoms with E-state index < -0.39 is 11.7 Å². The van der Waals surface area contributed by atoms with Gasteiger partial charge in [0.2, 0.25) is 0 Å². The summed E-state index contributed by atoms with van der Waals surface area (Å²) in [6.07, 6.45) is 1.53. The van der Waals surface area contributed by atoms with Crippen LogP contribution in [0.4, 0.5) is 10.2 Å². The van der Waals surface area contributed by atoms with Crippen molar-refractivity contribution < 1.29 is 9.18 Å². The number of hydrogen-bond acceptors (Lipinski definition) is 2. The van der Waals surface area contributed by atoms with Crippen LogP contribution in [0.2, 0.25) is 10.0 Å². The fourth-order valence-electron chi connectivity index (χ4n) is 1.32. The predicted molar refractivity (Wildman–Crippen MR) is 68.6 cm³/mol. The van der Waals surface area contributed by atoms with E-state index in [1.807, 2.05) is 0 Å². The maximum Gasteiger partial charge on any atom is 0.258 e. The minimum absolute atomic E-state index is 0.00391. The molecule has 0 spiro atoms. The van der Waals surface area contributed by atoms with Crippen LogP contribution < -0.4 is 5.32 Å². The van der Waals surface area contributed by atoms with Gasteiger partial charge in [0.25, 0.3) is 5.91 Å². The largest absolute Gasteiger partial charge is 0.307 e. The second kappa shape index (κ2) is 5.33. The highest BCUT2D eigenvalue weighted by atomic mass is 35.5. The van der Waals surface area contributed by atoms with Crippen LogP contribution in [0.25, 0.3) is 0 Å². The second-order valence-electron chi connectivity index (χ2n) is 3.42. The first-order valence-electron chi connectivity index (χ1n) is 4.95. The van der Waals surface area contributed by atoms with Gasteiger partial charge in [-0.1, -0.05) is 29.3 Å². The lowest BCUT2D eigenvalue weighted by molar-refractivity contribution is 0.102. The third-order valence-corrected chi connectivity index (χ3v) is 2.76. The van der Waals surface area contributed by atoms with Gasteiger partial charge in [0, 0.05) is 6.20 Å². The maximum absolute atomic E-state index is 13.3. The van der Waals surface area contributed by atoms with Crippen molar-refractivity contribution in [3.63, 3.8) is 0 Å². The maximum atomic E-state index is 13.3. The molecule has 3 nitrogen and oxygen atoms in total. The van der Waals surface area contributed by atoms with Gasteiger partial charge in [-0.3, -0.25) is 4.79 Å². The first-order valence-corrected chi connectivity index (χ1v) is 5.70. The molecule has 1 amide bonds. The van der Waals surface area contributed by atoms with E-state index in [1.54, 1.807) is 18.2 Å². The number of hydrogen-bond donors (Lipinski definition) is 1. The Hall–Kier alpha value is -1.65. The summed E-state index contributed by atoms with van der Waals surface area (Å²) in [6, 6.07) is 7.21. The van der Waals surface area contributed by atoms with E-state index >= 15 is 0 Å². The summed E-state index contributed by atoms with van der Waals surface area (Å²) in [5.74, 6) is -0.893. The summed E-state index contributed by atoms with van der Waals surface area (Å²) in [5, 5.41) is 2.45. The van der Waals surface area contributed by atoms with Gasteiger partial charge >= 0.3 is 0 Å². The fourth-order valence-corrected chi connectivity index (χ4v) is 1.79. The number of aromatic nitrogens is 1. The van der Waals surface area contributed by atoms with Crippen LogP contribution in [-0.4, -0.2) is 10.9 Å². The smallest absolute Gasteiger partial charge is 0.258 e. The SMILES string of the molecule is O=C(Nc1ccccn1)c1cc(F)c(Cl)cc1Cl. The molecule has 0 aliphatic heterocycles. The Kier molecular flexibility index (Phi) is 3.79. The zero-order valence-electron chi connectivity index (χ0n) is 8.95. The Bertz CT molecular complexity index is 590. The molecule has 0 aliphatic rings. The standard InChI is InChI=1S/C12H7Cl2FN2O/c13-8-6-9(14)10(15)5-7(8)12(18)17-11-3-1-2-4-16-11/h1-6H,(H,16,17,18). The minimum atomic E-state index is -0.702. The molecule has 0 atom stereocenters. The molecule has 1 heterocycles. The Labute approximate surface area is 113 Å². The summed E-state index contributed by atoms with van der Waals surface area (Å²) in [4.78, 5) is 15.8. The van der Waals surface area contributed by atoms with Crippen LogP contribution in [0.5, 0.6) is 0 Å². The number of nitrogens with one attached hydrogen (secondary N) is 1. The molecule has 0 fully saturated rings. The molecular weight excluding hydrogens is 278 g/mol. The molecular formula is C12H7Cl2FN2O. The summed E-state index contributed by atoms with van der Waals surface area (Å²) >= 11 is 11.4. The number of rotatable bonds is 2. The van der Waals surface area contributed by atoms with Crippen molar-refractivity contribution in [2.75, 3.05) is 5.32 Å². The van der Waals surface area contributed by atoms with Crippen molar-refractivity contribution in [2.24, 2.45) is 0 Å². The molecule has 6 heteroatoms. The first kappa shape index (κ1) is 12.8. The van der Waals surface area contributed by atoms with E-state index in [9.17, 15) is 9.18 Å². The van der Waals surface area contributed by atoms with Gasteiger partial charge in [-0.2, -0.15) is 0 Å². The van der Waals surface area contributed by atoms with E-state index in [0.29, 0.717) is 5.82 Å². The van der Waals surface area contributed by atoms with Crippen LogP contribution in [0.15, 0.2) is 36.5 Å². The second-order valence-corrected chi connectivity index (χ2v) is 4.23. The molecule has 92 valence electrons. The fraction of sp³-hybridized carbons (Fsp3) is 0. The third-order valence-electron chi connectivity index (χ3n) is 2.16. The lowest BCUT2D eigenvalue weighted by Gasteiger charge is -2.06. The topological polar surface area (TPSA) is 42.0 Å². The number of pyridine rings is 1. The summed E-state index contributed by atoms with van der Waals surface area (Å²) < 4.78 is 13.3. The number of halogens is 3. The normalized spacial score (nSPS) is 10.2. The van der Waals surface area contributed by atoms with Gasteiger partial charge in [-0.05, 0) is 24.3 Å². The van der Waals surface area contributed by atoms with Gasteiger partial charge < -0.3 is 5.32 Å². The van der Waals surface area contributed by atoms with Gasteiger partial charge in [-0.25, -0.2) is 9.37 Å². The van der Waals surface area contributed by atoms with E-state index in [4.69, 9.17) is 23.2 Å². The van der Waals surface area contributed by atoms with Gasteiger partial charge in [0.1, 0.15) is 11.6 Å². The van der Waals surface area contributed by atoms with Gasteiger partial charge in [0.05, 0.1) is 15.6 Å². The van der Waals surface area contributed by atoms with Crippen molar-refractivity contribution in [3.05, 3.63) is 58.0 Å².